The van der Waals surface area contributed by atoms with Crippen molar-refractivity contribution >= 4 is 34.9 Å². The highest BCUT2D eigenvalue weighted by Gasteiger charge is 2.13. The molecule has 0 unspecified atom stereocenters. The average molecular weight is 242 g/mol. The van der Waals surface area contributed by atoms with Gasteiger partial charge in [0.25, 0.3) is 0 Å². The summed E-state index contributed by atoms with van der Waals surface area (Å²) in [6, 6.07) is 5.81. The van der Waals surface area contributed by atoms with Crippen molar-refractivity contribution in [3.63, 3.8) is 0 Å². The van der Waals surface area contributed by atoms with E-state index in [9.17, 15) is 0 Å². The van der Waals surface area contributed by atoms with Gasteiger partial charge in [-0.25, -0.2) is 0 Å². The van der Waals surface area contributed by atoms with Gasteiger partial charge < -0.3 is 11.5 Å². The third-order valence-corrected chi connectivity index (χ3v) is 4.60. The number of nitrogens with two attached hydrogens (primary N) is 2. The minimum absolute atomic E-state index is 0.431. The molecule has 0 atom stereocenters. The maximum absolute atomic E-state index is 5.98. The molecule has 0 spiro atoms. The fourth-order valence-corrected chi connectivity index (χ4v) is 3.93. The number of thioether (sulfide) groups is 2. The monoisotopic (exact) mass is 242 g/mol. The molecule has 1 aromatic rings. The van der Waals surface area contributed by atoms with Crippen LogP contribution >= 0.6 is 23.5 Å². The quantitative estimate of drug-likeness (QED) is 0.614. The van der Waals surface area contributed by atoms with E-state index in [2.05, 4.69) is 13.8 Å². The van der Waals surface area contributed by atoms with E-state index < -0.39 is 0 Å². The predicted molar refractivity (Wildman–Crippen MR) is 74.3 cm³/mol. The standard InChI is InChI=1S/C11H18N2S2/c1-3-14-11(15-4-2)9-6-5-8(12)7-10(9)13/h5-7,11H,3-4,12-13H2,1-2H3. The van der Waals surface area contributed by atoms with Gasteiger partial charge in [0.2, 0.25) is 0 Å². The molecule has 2 nitrogen and oxygen atoms in total. The van der Waals surface area contributed by atoms with Crippen LogP contribution < -0.4 is 11.5 Å². The van der Waals surface area contributed by atoms with Crippen LogP contribution in [0.25, 0.3) is 0 Å². The molecule has 0 aromatic heterocycles. The van der Waals surface area contributed by atoms with Crippen molar-refractivity contribution in [1.82, 2.24) is 0 Å². The van der Waals surface area contributed by atoms with Crippen molar-refractivity contribution in [2.75, 3.05) is 23.0 Å². The molecule has 0 saturated heterocycles. The minimum atomic E-state index is 0.431. The molecule has 0 saturated carbocycles. The molecule has 15 heavy (non-hydrogen) atoms. The lowest BCUT2D eigenvalue weighted by molar-refractivity contribution is 1.35. The Kier molecular flexibility index (Phi) is 5.19. The fraction of sp³-hybridized carbons (Fsp3) is 0.455. The van der Waals surface area contributed by atoms with E-state index in [-0.39, 0.29) is 0 Å². The van der Waals surface area contributed by atoms with Crippen molar-refractivity contribution in [3.05, 3.63) is 23.8 Å². The Morgan fingerprint density at radius 3 is 2.20 bits per heavy atom. The molecule has 4 heteroatoms. The van der Waals surface area contributed by atoms with Crippen molar-refractivity contribution in [2.45, 2.75) is 18.4 Å². The fourth-order valence-electron chi connectivity index (χ4n) is 1.34. The lowest BCUT2D eigenvalue weighted by atomic mass is 10.2. The second-order valence-electron chi connectivity index (χ2n) is 3.13. The van der Waals surface area contributed by atoms with Gasteiger partial charge in [-0.15, -0.1) is 23.5 Å². The van der Waals surface area contributed by atoms with Crippen molar-refractivity contribution in [3.8, 4) is 0 Å². The van der Waals surface area contributed by atoms with Gasteiger partial charge in [-0.05, 0) is 29.2 Å². The largest absolute Gasteiger partial charge is 0.399 e. The van der Waals surface area contributed by atoms with E-state index in [0.29, 0.717) is 4.58 Å². The maximum Gasteiger partial charge on any atom is 0.0770 e. The molecule has 0 amide bonds. The molecular weight excluding hydrogens is 224 g/mol. The lowest BCUT2D eigenvalue weighted by Crippen LogP contribution is -1.99. The average Bonchev–Trinajstić information content (AvgIpc) is 2.17. The molecule has 0 aliphatic rings. The molecule has 4 N–H and O–H groups in total. The molecule has 1 aromatic carbocycles. The van der Waals surface area contributed by atoms with Gasteiger partial charge in [0.1, 0.15) is 0 Å². The molecule has 0 aliphatic heterocycles. The van der Waals surface area contributed by atoms with E-state index in [1.807, 2.05) is 41.7 Å². The first kappa shape index (κ1) is 12.6. The van der Waals surface area contributed by atoms with Gasteiger partial charge in [-0.3, -0.25) is 0 Å². The Hall–Kier alpha value is -0.480. The molecule has 1 rings (SSSR count). The molecule has 0 aliphatic carbocycles. The van der Waals surface area contributed by atoms with Crippen molar-refractivity contribution in [2.24, 2.45) is 0 Å². The third kappa shape index (κ3) is 3.54. The topological polar surface area (TPSA) is 52.0 Å². The summed E-state index contributed by atoms with van der Waals surface area (Å²) in [5.41, 5.74) is 14.4. The molecule has 0 fully saturated rings. The van der Waals surface area contributed by atoms with Gasteiger partial charge in [0, 0.05) is 11.4 Å². The van der Waals surface area contributed by atoms with E-state index in [1.54, 1.807) is 0 Å². The molecule has 0 radical (unpaired) electrons. The van der Waals surface area contributed by atoms with Gasteiger partial charge in [0.05, 0.1) is 4.58 Å². The summed E-state index contributed by atoms with van der Waals surface area (Å²) in [5.74, 6) is 2.20. The van der Waals surface area contributed by atoms with Gasteiger partial charge >= 0.3 is 0 Å². The SMILES string of the molecule is CCSC(SCC)c1ccc(N)cc1N. The highest BCUT2D eigenvalue weighted by atomic mass is 32.2. The molecule has 0 heterocycles. The summed E-state index contributed by atoms with van der Waals surface area (Å²) < 4.78 is 0.431. The Bertz CT molecular complexity index is 309. The van der Waals surface area contributed by atoms with Gasteiger partial charge in [-0.2, -0.15) is 0 Å². The summed E-state index contributed by atoms with van der Waals surface area (Å²) in [5, 5.41) is 0. The predicted octanol–water partition coefficient (Wildman–Crippen LogP) is 3.36. The van der Waals surface area contributed by atoms with Crippen LogP contribution in [0, 0.1) is 0 Å². The zero-order valence-electron chi connectivity index (χ0n) is 9.19. The smallest absolute Gasteiger partial charge is 0.0770 e. The number of hydrogen-bond donors (Lipinski definition) is 2. The number of nitrogen functional groups attached to an aromatic ring is 2. The Morgan fingerprint density at radius 1 is 1.13 bits per heavy atom. The summed E-state index contributed by atoms with van der Waals surface area (Å²) in [7, 11) is 0. The van der Waals surface area contributed by atoms with Crippen molar-refractivity contribution in [1.29, 1.82) is 0 Å². The van der Waals surface area contributed by atoms with Crippen LogP contribution in [0.1, 0.15) is 24.0 Å². The normalized spacial score (nSPS) is 10.9. The first-order chi connectivity index (χ1) is 7.19. The molecule has 0 bridgehead atoms. The van der Waals surface area contributed by atoms with Gasteiger partial charge in [0.15, 0.2) is 0 Å². The summed E-state index contributed by atoms with van der Waals surface area (Å²) in [6.45, 7) is 4.34. The number of benzene rings is 1. The highest BCUT2D eigenvalue weighted by molar-refractivity contribution is 8.16. The lowest BCUT2D eigenvalue weighted by Gasteiger charge is -2.17. The first-order valence-corrected chi connectivity index (χ1v) is 7.16. The van der Waals surface area contributed by atoms with Gasteiger partial charge in [-0.1, -0.05) is 19.9 Å². The highest BCUT2D eigenvalue weighted by Crippen LogP contribution is 2.41. The van der Waals surface area contributed by atoms with Crippen LogP contribution in [0.5, 0.6) is 0 Å². The van der Waals surface area contributed by atoms with Crippen molar-refractivity contribution < 1.29 is 0 Å². The second-order valence-corrected chi connectivity index (χ2v) is 6.19. The zero-order chi connectivity index (χ0) is 11.3. The van der Waals surface area contributed by atoms with E-state index in [0.717, 1.165) is 22.9 Å². The summed E-state index contributed by atoms with van der Waals surface area (Å²) >= 11 is 3.83. The molecular formula is C11H18N2S2. The maximum atomic E-state index is 5.98. The number of rotatable bonds is 5. The first-order valence-electron chi connectivity index (χ1n) is 5.07. The Labute approximate surface area is 100 Å². The Balaban J connectivity index is 2.89. The third-order valence-electron chi connectivity index (χ3n) is 2.00. The zero-order valence-corrected chi connectivity index (χ0v) is 10.8. The van der Waals surface area contributed by atoms with Crippen LogP contribution in [0.2, 0.25) is 0 Å². The van der Waals surface area contributed by atoms with Crippen LogP contribution in [0.4, 0.5) is 11.4 Å². The van der Waals surface area contributed by atoms with E-state index in [4.69, 9.17) is 11.5 Å². The van der Waals surface area contributed by atoms with Crippen LogP contribution in [-0.2, 0) is 0 Å². The second kappa shape index (κ2) is 6.18. The number of anilines is 2. The summed E-state index contributed by atoms with van der Waals surface area (Å²) in [6.07, 6.45) is 0. The molecule has 84 valence electrons. The summed E-state index contributed by atoms with van der Waals surface area (Å²) in [4.78, 5) is 0. The van der Waals surface area contributed by atoms with Crippen LogP contribution in [0.3, 0.4) is 0 Å². The van der Waals surface area contributed by atoms with E-state index in [1.165, 1.54) is 5.56 Å². The Morgan fingerprint density at radius 2 is 1.73 bits per heavy atom. The minimum Gasteiger partial charge on any atom is -0.399 e. The van der Waals surface area contributed by atoms with Crippen LogP contribution in [-0.4, -0.2) is 11.5 Å². The number of hydrogen-bond acceptors (Lipinski definition) is 4. The van der Waals surface area contributed by atoms with Crippen LogP contribution in [0.15, 0.2) is 18.2 Å². The van der Waals surface area contributed by atoms with E-state index >= 15 is 0 Å².